The Hall–Kier alpha value is -4.78. The largest absolute Gasteiger partial charge is 0.443 e. The van der Waals surface area contributed by atoms with Crippen LogP contribution >= 0.6 is 0 Å². The van der Waals surface area contributed by atoms with Crippen molar-refractivity contribution in [1.82, 2.24) is 19.2 Å². The van der Waals surface area contributed by atoms with Gasteiger partial charge in [0.15, 0.2) is 5.65 Å². The third-order valence-electron chi connectivity index (χ3n) is 7.00. The second-order valence-electron chi connectivity index (χ2n) is 10.9. The molecule has 0 saturated carbocycles. The molecule has 0 unspecified atom stereocenters. The van der Waals surface area contributed by atoms with E-state index in [9.17, 15) is 18.8 Å². The van der Waals surface area contributed by atoms with E-state index in [1.807, 2.05) is 11.0 Å². The molecule has 1 saturated heterocycles. The van der Waals surface area contributed by atoms with Crippen molar-refractivity contribution < 1.29 is 18.3 Å². The number of hydrogen-bond donors (Lipinski definition) is 0. The second kappa shape index (κ2) is 9.45. The van der Waals surface area contributed by atoms with Crippen LogP contribution in [0, 0.1) is 23.0 Å². The zero-order chi connectivity index (χ0) is 28.2. The van der Waals surface area contributed by atoms with Gasteiger partial charge < -0.3 is 9.64 Å². The fraction of sp³-hybridized carbons (Fsp3) is 0.267. The number of fused-ring (bicyclic) bond motifs is 2. The lowest BCUT2D eigenvalue weighted by molar-refractivity contribution is 0.0547. The van der Waals surface area contributed by atoms with Gasteiger partial charge in [-0.15, -0.1) is 0 Å². The van der Waals surface area contributed by atoms with Crippen LogP contribution in [0.4, 0.5) is 19.4 Å². The maximum Gasteiger partial charge on any atom is 0.419 e. The Labute approximate surface area is 229 Å². The Kier molecular flexibility index (Phi) is 6.02. The lowest BCUT2D eigenvalue weighted by Gasteiger charge is -2.26. The topological polar surface area (TPSA) is 88.4 Å². The van der Waals surface area contributed by atoms with E-state index < -0.39 is 23.3 Å². The first kappa shape index (κ1) is 25.5. The fourth-order valence-corrected chi connectivity index (χ4v) is 5.32. The minimum atomic E-state index is -0.735. The lowest BCUT2D eigenvalue weighted by atomic mass is 10.0. The van der Waals surface area contributed by atoms with E-state index in [4.69, 9.17) is 9.72 Å². The number of anilines is 1. The Morgan fingerprint density at radius 3 is 2.73 bits per heavy atom. The first-order valence-corrected chi connectivity index (χ1v) is 13.0. The average Bonchev–Trinajstić information content (AvgIpc) is 3.64. The van der Waals surface area contributed by atoms with E-state index in [-0.39, 0.29) is 6.04 Å². The summed E-state index contributed by atoms with van der Waals surface area (Å²) in [5.41, 5.74) is 2.18. The van der Waals surface area contributed by atoms with Crippen LogP contribution in [0.25, 0.3) is 27.8 Å². The average molecular weight is 541 g/mol. The van der Waals surface area contributed by atoms with Gasteiger partial charge in [0.1, 0.15) is 23.1 Å². The molecule has 4 heterocycles. The van der Waals surface area contributed by atoms with Gasteiger partial charge in [-0.05, 0) is 82.1 Å². The zero-order valence-corrected chi connectivity index (χ0v) is 22.2. The molecule has 1 aliphatic heterocycles. The Balaban J connectivity index is 1.49. The number of ether oxygens (including phenoxy) is 1. The number of nitrogens with zero attached hydrogens (tertiary/aromatic N) is 6. The van der Waals surface area contributed by atoms with E-state index >= 15 is 0 Å². The third kappa shape index (κ3) is 4.43. The molecule has 0 N–H and O–H groups in total. The van der Waals surface area contributed by atoms with Crippen molar-refractivity contribution in [2.24, 2.45) is 0 Å². The number of nitriles is 1. The summed E-state index contributed by atoms with van der Waals surface area (Å²) in [4.78, 5) is 20.3. The van der Waals surface area contributed by atoms with Gasteiger partial charge in [-0.2, -0.15) is 10.4 Å². The van der Waals surface area contributed by atoms with Gasteiger partial charge in [-0.25, -0.2) is 27.6 Å². The van der Waals surface area contributed by atoms with Crippen LogP contribution in [0.1, 0.15) is 50.8 Å². The monoisotopic (exact) mass is 540 g/mol. The quantitative estimate of drug-likeness (QED) is 0.255. The molecule has 1 aliphatic rings. The first-order valence-electron chi connectivity index (χ1n) is 13.0. The zero-order valence-electron chi connectivity index (χ0n) is 22.2. The van der Waals surface area contributed by atoms with Crippen molar-refractivity contribution in [3.05, 3.63) is 83.7 Å². The second-order valence-corrected chi connectivity index (χ2v) is 10.9. The first-order chi connectivity index (χ1) is 19.1. The minimum absolute atomic E-state index is 0.297. The highest BCUT2D eigenvalue weighted by Gasteiger charge is 2.31. The normalized spacial score (nSPS) is 15.6. The van der Waals surface area contributed by atoms with Crippen molar-refractivity contribution in [3.63, 3.8) is 0 Å². The van der Waals surface area contributed by atoms with Gasteiger partial charge in [0.25, 0.3) is 0 Å². The van der Waals surface area contributed by atoms with E-state index in [0.29, 0.717) is 57.7 Å². The molecule has 5 aromatic rings. The number of carbonyl (C=O) groups is 1. The van der Waals surface area contributed by atoms with Gasteiger partial charge in [-0.3, -0.25) is 0 Å². The maximum absolute atomic E-state index is 14.7. The molecule has 0 radical (unpaired) electrons. The van der Waals surface area contributed by atoms with Gasteiger partial charge >= 0.3 is 6.09 Å². The molecule has 0 spiro atoms. The molecule has 1 atom stereocenters. The van der Waals surface area contributed by atoms with Gasteiger partial charge in [-0.1, -0.05) is 0 Å². The summed E-state index contributed by atoms with van der Waals surface area (Å²) in [6.45, 7) is 6.01. The highest BCUT2D eigenvalue weighted by atomic mass is 19.1. The number of hydrogen-bond acceptors (Lipinski definition) is 6. The molecule has 0 bridgehead atoms. The van der Waals surface area contributed by atoms with Gasteiger partial charge in [0.05, 0.1) is 40.6 Å². The molecule has 40 heavy (non-hydrogen) atoms. The molecule has 3 aromatic heterocycles. The maximum atomic E-state index is 14.7. The molecule has 8 nitrogen and oxygen atoms in total. The molecule has 2 aromatic carbocycles. The van der Waals surface area contributed by atoms with Crippen LogP contribution in [0.5, 0.6) is 0 Å². The summed E-state index contributed by atoms with van der Waals surface area (Å²) in [5, 5.41) is 14.6. The van der Waals surface area contributed by atoms with Crippen molar-refractivity contribution >= 4 is 28.5 Å². The summed E-state index contributed by atoms with van der Waals surface area (Å²) < 4.78 is 37.5. The van der Waals surface area contributed by atoms with Crippen LogP contribution in [0.2, 0.25) is 0 Å². The van der Waals surface area contributed by atoms with Crippen molar-refractivity contribution in [1.29, 1.82) is 5.26 Å². The van der Waals surface area contributed by atoms with Gasteiger partial charge in [0.2, 0.25) is 0 Å². The Morgan fingerprint density at radius 2 is 1.95 bits per heavy atom. The highest BCUT2D eigenvalue weighted by molar-refractivity contribution is 5.98. The minimum Gasteiger partial charge on any atom is -0.443 e. The number of aromatic nitrogens is 4. The fourth-order valence-electron chi connectivity index (χ4n) is 5.32. The van der Waals surface area contributed by atoms with E-state index in [2.05, 4.69) is 11.2 Å². The summed E-state index contributed by atoms with van der Waals surface area (Å²) in [7, 11) is 0. The van der Waals surface area contributed by atoms with E-state index in [0.717, 1.165) is 18.6 Å². The van der Waals surface area contributed by atoms with Crippen molar-refractivity contribution in [2.45, 2.75) is 45.3 Å². The number of benzene rings is 2. The van der Waals surface area contributed by atoms with Crippen molar-refractivity contribution in [3.8, 4) is 17.3 Å². The van der Waals surface area contributed by atoms with E-state index in [1.54, 1.807) is 61.9 Å². The lowest BCUT2D eigenvalue weighted by Crippen LogP contribution is -2.27. The molecule has 1 fully saturated rings. The predicted octanol–water partition coefficient (Wildman–Crippen LogP) is 6.63. The van der Waals surface area contributed by atoms with Crippen LogP contribution in [-0.4, -0.2) is 37.4 Å². The Bertz CT molecular complexity index is 1830. The van der Waals surface area contributed by atoms with Crippen LogP contribution in [-0.2, 0) is 4.74 Å². The molecule has 0 aliphatic carbocycles. The number of halogens is 2. The van der Waals surface area contributed by atoms with Gasteiger partial charge in [0, 0.05) is 23.7 Å². The molecule has 6 rings (SSSR count). The standard InChI is InChI=1S/C30H26F2N6O2/c1-30(2,3)40-29(39)38-24-9-6-18(16-33)13-19(24)14-26(38)22-17-34-37-12-10-27(35-28(22)37)36-11-4-5-25(36)21-15-20(31)7-8-23(21)32/h6-10,12-15,17,25H,4-5,11H2,1-3H3/t25-/m1/s1. The van der Waals surface area contributed by atoms with E-state index in [1.165, 1.54) is 10.6 Å². The number of rotatable bonds is 3. The van der Waals surface area contributed by atoms with Crippen molar-refractivity contribution in [2.75, 3.05) is 11.4 Å². The van der Waals surface area contributed by atoms with Crippen LogP contribution in [0.15, 0.2) is 60.9 Å². The van der Waals surface area contributed by atoms with Crippen LogP contribution in [0.3, 0.4) is 0 Å². The molecule has 202 valence electrons. The smallest absolute Gasteiger partial charge is 0.419 e. The molecule has 0 amide bonds. The Morgan fingerprint density at radius 1 is 1.12 bits per heavy atom. The SMILES string of the molecule is CC(C)(C)OC(=O)n1c(-c2cnn3ccc(N4CCC[C@@H]4c4cc(F)ccc4F)nc23)cc2cc(C#N)ccc21. The molecular formula is C30H26F2N6O2. The highest BCUT2D eigenvalue weighted by Crippen LogP contribution is 2.38. The molecular weight excluding hydrogens is 514 g/mol. The predicted molar refractivity (Wildman–Crippen MR) is 146 cm³/mol. The number of carbonyl (C=O) groups excluding carboxylic acids is 1. The molecule has 10 heteroatoms. The third-order valence-corrected chi connectivity index (χ3v) is 7.00. The summed E-state index contributed by atoms with van der Waals surface area (Å²) in [5.74, 6) is -0.352. The summed E-state index contributed by atoms with van der Waals surface area (Å²) >= 11 is 0. The summed E-state index contributed by atoms with van der Waals surface area (Å²) in [6.07, 6.45) is 4.27. The summed E-state index contributed by atoms with van der Waals surface area (Å²) in [6, 6.07) is 14.0. The van der Waals surface area contributed by atoms with Crippen LogP contribution < -0.4 is 4.90 Å².